The van der Waals surface area contributed by atoms with Crippen LogP contribution in [-0.2, 0) is 0 Å². The highest BCUT2D eigenvalue weighted by atomic mass is 16.5. The van der Waals surface area contributed by atoms with E-state index in [0.29, 0.717) is 16.4 Å². The predicted molar refractivity (Wildman–Crippen MR) is 102 cm³/mol. The summed E-state index contributed by atoms with van der Waals surface area (Å²) in [5.41, 5.74) is 3.14. The Labute approximate surface area is 146 Å². The van der Waals surface area contributed by atoms with Crippen molar-refractivity contribution in [2.75, 3.05) is 19.5 Å². The number of hydrogen-bond donors (Lipinski definition) is 1. The second-order valence-electron chi connectivity index (χ2n) is 5.80. The lowest BCUT2D eigenvalue weighted by Gasteiger charge is -2.08. The molecule has 5 nitrogen and oxygen atoms in total. The van der Waals surface area contributed by atoms with Crippen LogP contribution in [0.3, 0.4) is 0 Å². The van der Waals surface area contributed by atoms with Crippen molar-refractivity contribution in [2.24, 2.45) is 0 Å². The summed E-state index contributed by atoms with van der Waals surface area (Å²) < 4.78 is 8.49. The molecule has 0 saturated heterocycles. The third kappa shape index (κ3) is 2.74. The minimum atomic E-state index is -0.214. The van der Waals surface area contributed by atoms with E-state index in [9.17, 15) is 4.79 Å². The van der Waals surface area contributed by atoms with E-state index >= 15 is 0 Å². The Morgan fingerprint density at radius 3 is 2.24 bits per heavy atom. The number of hydrogen-bond acceptors (Lipinski definition) is 3. The lowest BCUT2D eigenvalue weighted by atomic mass is 10.2. The summed E-state index contributed by atoms with van der Waals surface area (Å²) in [5.74, 6) is 0.722. The fourth-order valence-electron chi connectivity index (χ4n) is 2.87. The number of aromatic nitrogens is 2. The van der Waals surface area contributed by atoms with Crippen molar-refractivity contribution in [1.82, 2.24) is 9.13 Å². The van der Waals surface area contributed by atoms with Crippen LogP contribution in [0.2, 0.25) is 0 Å². The highest BCUT2D eigenvalue weighted by Gasteiger charge is 2.13. The molecule has 3 aromatic rings. The number of aryl methyl sites for hydroxylation is 1. The summed E-state index contributed by atoms with van der Waals surface area (Å²) in [5, 5.41) is 4.18. The van der Waals surface area contributed by atoms with Gasteiger partial charge in [0.1, 0.15) is 5.75 Å². The summed E-state index contributed by atoms with van der Waals surface area (Å²) in [4.78, 5) is 13.1. The fourth-order valence-corrected chi connectivity index (χ4v) is 2.87. The van der Waals surface area contributed by atoms with Gasteiger partial charge in [-0.05, 0) is 36.8 Å². The first-order valence-electron chi connectivity index (χ1n) is 7.92. The molecule has 1 heterocycles. The molecule has 0 atom stereocenters. The number of ether oxygens (including phenoxy) is 1. The van der Waals surface area contributed by atoms with Crippen LogP contribution in [0.25, 0.3) is 24.5 Å². The van der Waals surface area contributed by atoms with Gasteiger partial charge >= 0.3 is 5.69 Å². The topological polar surface area (TPSA) is 48.2 Å². The Bertz CT molecular complexity index is 1090. The third-order valence-electron chi connectivity index (χ3n) is 4.30. The van der Waals surface area contributed by atoms with E-state index in [2.05, 4.69) is 18.5 Å². The van der Waals surface area contributed by atoms with Gasteiger partial charge in [0.05, 0.1) is 29.2 Å². The second kappa shape index (κ2) is 6.36. The van der Waals surface area contributed by atoms with Crippen molar-refractivity contribution in [1.29, 1.82) is 0 Å². The minimum Gasteiger partial charge on any atom is -0.496 e. The number of nitrogens with zero attached hydrogens (tertiary/aromatic N) is 2. The summed E-state index contributed by atoms with van der Waals surface area (Å²) in [6, 6.07) is 13.2. The molecule has 25 heavy (non-hydrogen) atoms. The van der Waals surface area contributed by atoms with Crippen LogP contribution < -0.4 is 26.4 Å². The Morgan fingerprint density at radius 1 is 1.00 bits per heavy atom. The largest absolute Gasteiger partial charge is 0.496 e. The minimum absolute atomic E-state index is 0.214. The number of nitrogens with one attached hydrogen (secondary N) is 1. The van der Waals surface area contributed by atoms with Crippen LogP contribution in [0.4, 0.5) is 5.69 Å². The molecule has 0 unspecified atom stereocenters. The highest BCUT2D eigenvalue weighted by molar-refractivity contribution is 5.51. The van der Waals surface area contributed by atoms with Gasteiger partial charge in [-0.1, -0.05) is 25.3 Å². The van der Waals surface area contributed by atoms with E-state index in [-0.39, 0.29) is 5.69 Å². The van der Waals surface area contributed by atoms with Gasteiger partial charge in [-0.25, -0.2) is 4.79 Å². The molecule has 1 N–H and O–H groups in total. The molecule has 0 radical (unpaired) electrons. The average molecular weight is 335 g/mol. The molecule has 1 aromatic heterocycles. The third-order valence-corrected chi connectivity index (χ3v) is 4.30. The van der Waals surface area contributed by atoms with E-state index in [1.165, 1.54) is 0 Å². The van der Waals surface area contributed by atoms with Gasteiger partial charge < -0.3 is 10.1 Å². The molecule has 0 aliphatic carbocycles. The number of anilines is 1. The van der Waals surface area contributed by atoms with Crippen molar-refractivity contribution in [3.63, 3.8) is 0 Å². The maximum atomic E-state index is 13.1. The normalized spacial score (nSPS) is 10.7. The molecule has 0 aliphatic rings. The van der Waals surface area contributed by atoms with Gasteiger partial charge in [-0.3, -0.25) is 9.13 Å². The molecule has 5 heteroatoms. The molecule has 0 spiro atoms. The number of benzene rings is 2. The quantitative estimate of drug-likeness (QED) is 0.791. The molecular weight excluding hydrogens is 314 g/mol. The molecule has 128 valence electrons. The first kappa shape index (κ1) is 16.6. The van der Waals surface area contributed by atoms with Crippen LogP contribution in [-0.4, -0.2) is 23.3 Å². The van der Waals surface area contributed by atoms with Crippen molar-refractivity contribution in [3.8, 4) is 17.1 Å². The lowest BCUT2D eigenvalue weighted by molar-refractivity contribution is 0.411. The maximum absolute atomic E-state index is 13.1. The number of methoxy groups -OCH3 is 1. The van der Waals surface area contributed by atoms with E-state index in [4.69, 9.17) is 4.74 Å². The van der Waals surface area contributed by atoms with Crippen LogP contribution in [0.5, 0.6) is 5.75 Å². The van der Waals surface area contributed by atoms with Crippen molar-refractivity contribution >= 4 is 18.8 Å². The van der Waals surface area contributed by atoms with Crippen molar-refractivity contribution in [2.45, 2.75) is 6.92 Å². The van der Waals surface area contributed by atoms with E-state index in [1.54, 1.807) is 16.2 Å². The molecular formula is C20H21N3O2. The first-order valence-corrected chi connectivity index (χ1v) is 7.92. The van der Waals surface area contributed by atoms with Crippen LogP contribution >= 0.6 is 0 Å². The lowest BCUT2D eigenvalue weighted by Crippen LogP contribution is -2.29. The SMILES string of the molecule is C=c1c(=C)n(-c2ccc(C)c(OC)c2)c(=O)n1-c1cccc(NC)c1. The molecule has 0 bridgehead atoms. The Kier molecular flexibility index (Phi) is 4.23. The summed E-state index contributed by atoms with van der Waals surface area (Å²) in [6.07, 6.45) is 0. The zero-order chi connectivity index (χ0) is 18.1. The van der Waals surface area contributed by atoms with Crippen LogP contribution in [0.15, 0.2) is 47.3 Å². The first-order chi connectivity index (χ1) is 12.0. The zero-order valence-electron chi connectivity index (χ0n) is 14.7. The van der Waals surface area contributed by atoms with E-state index in [0.717, 1.165) is 22.7 Å². The zero-order valence-corrected chi connectivity index (χ0v) is 14.7. The molecule has 2 aromatic carbocycles. The van der Waals surface area contributed by atoms with Gasteiger partial charge in [-0.2, -0.15) is 0 Å². The predicted octanol–water partition coefficient (Wildman–Crippen LogP) is 1.81. The number of rotatable bonds is 4. The molecule has 3 rings (SSSR count). The molecule has 0 amide bonds. The Morgan fingerprint density at radius 2 is 1.64 bits per heavy atom. The maximum Gasteiger partial charge on any atom is 0.338 e. The standard InChI is InChI=1S/C20H21N3O2/c1-13-9-10-18(12-19(13)25-5)23-15(3)14(2)22(20(23)24)17-8-6-7-16(11-17)21-4/h6-12,21H,2-3H2,1,4-5H3. The summed E-state index contributed by atoms with van der Waals surface area (Å²) >= 11 is 0. The molecule has 0 saturated carbocycles. The van der Waals surface area contributed by atoms with Gasteiger partial charge in [0, 0.05) is 18.8 Å². The summed E-state index contributed by atoms with van der Waals surface area (Å²) in [6.45, 7) is 10.1. The molecule has 0 aliphatic heterocycles. The Balaban J connectivity index is 2.27. The van der Waals surface area contributed by atoms with Crippen molar-refractivity contribution in [3.05, 3.63) is 69.2 Å². The van der Waals surface area contributed by atoms with Gasteiger partial charge in [0.2, 0.25) is 0 Å². The second-order valence-corrected chi connectivity index (χ2v) is 5.80. The van der Waals surface area contributed by atoms with Crippen molar-refractivity contribution < 1.29 is 4.74 Å². The monoisotopic (exact) mass is 335 g/mol. The van der Waals surface area contributed by atoms with E-state index < -0.39 is 0 Å². The van der Waals surface area contributed by atoms with Gasteiger partial charge in [0.25, 0.3) is 0 Å². The van der Waals surface area contributed by atoms with Gasteiger partial charge in [-0.15, -0.1) is 0 Å². The summed E-state index contributed by atoms with van der Waals surface area (Å²) in [7, 11) is 3.45. The van der Waals surface area contributed by atoms with E-state index in [1.807, 2.05) is 56.4 Å². The highest BCUT2D eigenvalue weighted by Crippen LogP contribution is 2.20. The van der Waals surface area contributed by atoms with Gasteiger partial charge in [0.15, 0.2) is 0 Å². The molecule has 0 fully saturated rings. The smallest absolute Gasteiger partial charge is 0.338 e. The van der Waals surface area contributed by atoms with Crippen LogP contribution in [0.1, 0.15) is 5.56 Å². The fraction of sp³-hybridized carbons (Fsp3) is 0.150. The average Bonchev–Trinajstić information content (AvgIpc) is 2.85. The number of imidazole rings is 1. The Hall–Kier alpha value is -3.21. The van der Waals surface area contributed by atoms with Crippen LogP contribution in [0, 0.1) is 6.92 Å².